The fourth-order valence-corrected chi connectivity index (χ4v) is 1.75. The van der Waals surface area contributed by atoms with Crippen LogP contribution < -0.4 is 11.2 Å². The van der Waals surface area contributed by atoms with Gasteiger partial charge in [0.25, 0.3) is 0 Å². The fourth-order valence-electron chi connectivity index (χ4n) is 1.75. The molecule has 1 atom stereocenters. The minimum absolute atomic E-state index is 0.271. The topological polar surface area (TPSA) is 93.8 Å². The Bertz CT molecular complexity index is 302. The molecule has 6 heteroatoms. The molecule has 0 heterocycles. The second kappa shape index (κ2) is 6.09. The molecule has 0 aromatic heterocycles. The average Bonchev–Trinajstić information content (AvgIpc) is 2.27. The molecule has 0 aliphatic heterocycles. The van der Waals surface area contributed by atoms with E-state index in [2.05, 4.69) is 10.5 Å². The molecule has 0 bridgehead atoms. The summed E-state index contributed by atoms with van der Waals surface area (Å²) in [6.07, 6.45) is 3.36. The number of rotatable bonds is 3. The minimum atomic E-state index is -0.722. The van der Waals surface area contributed by atoms with Crippen molar-refractivity contribution in [2.24, 2.45) is 16.8 Å². The van der Waals surface area contributed by atoms with Crippen LogP contribution in [0.4, 0.5) is 4.79 Å². The van der Waals surface area contributed by atoms with Crippen LogP contribution in [0.25, 0.3) is 0 Å². The van der Waals surface area contributed by atoms with Crippen molar-refractivity contribution in [1.82, 2.24) is 5.43 Å². The number of ether oxygens (including phenoxy) is 1. The summed E-state index contributed by atoms with van der Waals surface area (Å²) in [7, 11) is 0. The molecule has 90 valence electrons. The molecule has 0 saturated heterocycles. The van der Waals surface area contributed by atoms with Gasteiger partial charge in [-0.05, 0) is 26.2 Å². The van der Waals surface area contributed by atoms with Crippen molar-refractivity contribution in [2.75, 3.05) is 6.61 Å². The van der Waals surface area contributed by atoms with Gasteiger partial charge in [-0.3, -0.25) is 4.79 Å². The maximum atomic E-state index is 11.6. The van der Waals surface area contributed by atoms with Gasteiger partial charge in [0.15, 0.2) is 0 Å². The zero-order valence-corrected chi connectivity index (χ0v) is 9.36. The highest BCUT2D eigenvalue weighted by Crippen LogP contribution is 2.22. The molecule has 0 aromatic carbocycles. The molecule has 0 spiro atoms. The number of primary amides is 1. The number of carbonyl (C=O) groups is 2. The number of urea groups is 1. The van der Waals surface area contributed by atoms with Gasteiger partial charge in [0.1, 0.15) is 0 Å². The molecule has 1 saturated carbocycles. The first-order chi connectivity index (χ1) is 7.65. The molecule has 1 aliphatic carbocycles. The van der Waals surface area contributed by atoms with Crippen molar-refractivity contribution in [3.05, 3.63) is 0 Å². The highest BCUT2D eigenvalue weighted by molar-refractivity contribution is 6.02. The van der Waals surface area contributed by atoms with Crippen LogP contribution in [0.15, 0.2) is 5.10 Å². The van der Waals surface area contributed by atoms with E-state index in [-0.39, 0.29) is 11.9 Å². The lowest BCUT2D eigenvalue weighted by atomic mass is 9.87. The predicted octanol–water partition coefficient (Wildman–Crippen LogP) is 0.764. The lowest BCUT2D eigenvalue weighted by Crippen LogP contribution is -2.33. The van der Waals surface area contributed by atoms with E-state index in [0.29, 0.717) is 18.7 Å². The summed E-state index contributed by atoms with van der Waals surface area (Å²) < 4.78 is 4.95. The quantitative estimate of drug-likeness (QED) is 0.550. The van der Waals surface area contributed by atoms with Gasteiger partial charge in [-0.2, -0.15) is 5.10 Å². The van der Waals surface area contributed by atoms with E-state index in [9.17, 15) is 9.59 Å². The fraction of sp³-hybridized carbons (Fsp3) is 0.700. The van der Waals surface area contributed by atoms with E-state index in [1.54, 1.807) is 6.92 Å². The Morgan fingerprint density at radius 1 is 1.56 bits per heavy atom. The van der Waals surface area contributed by atoms with Gasteiger partial charge >= 0.3 is 12.0 Å². The third-order valence-electron chi connectivity index (χ3n) is 2.46. The van der Waals surface area contributed by atoms with Crippen LogP contribution in [-0.4, -0.2) is 24.3 Å². The number of nitrogens with one attached hydrogen (secondary N) is 1. The van der Waals surface area contributed by atoms with Crippen LogP contribution >= 0.6 is 0 Å². The van der Waals surface area contributed by atoms with E-state index in [4.69, 9.17) is 10.5 Å². The Morgan fingerprint density at radius 3 is 2.94 bits per heavy atom. The predicted molar refractivity (Wildman–Crippen MR) is 58.7 cm³/mol. The van der Waals surface area contributed by atoms with E-state index in [1.807, 2.05) is 0 Å². The molecule has 1 fully saturated rings. The van der Waals surface area contributed by atoms with Crippen molar-refractivity contribution in [3.8, 4) is 0 Å². The zero-order valence-electron chi connectivity index (χ0n) is 9.36. The molecule has 0 radical (unpaired) electrons. The SMILES string of the molecule is CCOC(=O)C1CCCC/C1=N/NC(N)=O. The van der Waals surface area contributed by atoms with Gasteiger partial charge in [0.05, 0.1) is 18.2 Å². The summed E-state index contributed by atoms with van der Waals surface area (Å²) in [5.74, 6) is -0.604. The molecule has 3 N–H and O–H groups in total. The normalized spacial score (nSPS) is 22.8. The first-order valence-corrected chi connectivity index (χ1v) is 5.43. The summed E-state index contributed by atoms with van der Waals surface area (Å²) in [5.41, 5.74) is 7.73. The van der Waals surface area contributed by atoms with Crippen LogP contribution in [0.3, 0.4) is 0 Å². The first kappa shape index (κ1) is 12.5. The number of carbonyl (C=O) groups excluding carboxylic acids is 2. The second-order valence-corrected chi connectivity index (χ2v) is 3.63. The Labute approximate surface area is 94.2 Å². The third-order valence-corrected chi connectivity index (χ3v) is 2.46. The van der Waals surface area contributed by atoms with Crippen LogP contribution in [-0.2, 0) is 9.53 Å². The van der Waals surface area contributed by atoms with Gasteiger partial charge in [-0.15, -0.1) is 0 Å². The summed E-state index contributed by atoms with van der Waals surface area (Å²) in [5, 5.41) is 3.86. The molecular weight excluding hydrogens is 210 g/mol. The summed E-state index contributed by atoms with van der Waals surface area (Å²) in [4.78, 5) is 22.1. The molecule has 2 amide bonds. The largest absolute Gasteiger partial charge is 0.465 e. The highest BCUT2D eigenvalue weighted by Gasteiger charge is 2.28. The Morgan fingerprint density at radius 2 is 2.31 bits per heavy atom. The average molecular weight is 227 g/mol. The number of amides is 2. The lowest BCUT2D eigenvalue weighted by Gasteiger charge is -2.21. The Balaban J connectivity index is 2.66. The molecule has 6 nitrogen and oxygen atoms in total. The summed E-state index contributed by atoms with van der Waals surface area (Å²) in [6.45, 7) is 2.12. The van der Waals surface area contributed by atoms with Gasteiger partial charge in [-0.25, -0.2) is 10.2 Å². The van der Waals surface area contributed by atoms with E-state index >= 15 is 0 Å². The van der Waals surface area contributed by atoms with E-state index < -0.39 is 6.03 Å². The van der Waals surface area contributed by atoms with Gasteiger partial charge in [-0.1, -0.05) is 6.42 Å². The maximum absolute atomic E-state index is 11.6. The number of nitrogens with zero attached hydrogens (tertiary/aromatic N) is 1. The monoisotopic (exact) mass is 227 g/mol. The molecule has 0 aromatic rings. The van der Waals surface area contributed by atoms with Crippen LogP contribution in [0, 0.1) is 5.92 Å². The van der Waals surface area contributed by atoms with Crippen molar-refractivity contribution in [2.45, 2.75) is 32.6 Å². The molecule has 1 unspecified atom stereocenters. The van der Waals surface area contributed by atoms with Crippen LogP contribution in [0.1, 0.15) is 32.6 Å². The van der Waals surface area contributed by atoms with Crippen molar-refractivity contribution in [1.29, 1.82) is 0 Å². The Kier molecular flexibility index (Phi) is 4.75. The van der Waals surface area contributed by atoms with E-state index in [0.717, 1.165) is 19.3 Å². The maximum Gasteiger partial charge on any atom is 0.332 e. The van der Waals surface area contributed by atoms with E-state index in [1.165, 1.54) is 0 Å². The smallest absolute Gasteiger partial charge is 0.332 e. The van der Waals surface area contributed by atoms with Crippen LogP contribution in [0.2, 0.25) is 0 Å². The van der Waals surface area contributed by atoms with Crippen molar-refractivity contribution in [3.63, 3.8) is 0 Å². The zero-order chi connectivity index (χ0) is 12.0. The first-order valence-electron chi connectivity index (χ1n) is 5.43. The number of nitrogens with two attached hydrogens (primary N) is 1. The van der Waals surface area contributed by atoms with Gasteiger partial charge < -0.3 is 10.5 Å². The van der Waals surface area contributed by atoms with Gasteiger partial charge in [0.2, 0.25) is 0 Å². The van der Waals surface area contributed by atoms with Crippen molar-refractivity contribution >= 4 is 17.7 Å². The number of esters is 1. The second-order valence-electron chi connectivity index (χ2n) is 3.63. The number of hydrazone groups is 1. The summed E-state index contributed by atoms with van der Waals surface area (Å²) in [6, 6.07) is -0.722. The molecular formula is C10H17N3O3. The third kappa shape index (κ3) is 3.52. The summed E-state index contributed by atoms with van der Waals surface area (Å²) >= 11 is 0. The number of hydrogen-bond donors (Lipinski definition) is 2. The molecule has 1 rings (SSSR count). The van der Waals surface area contributed by atoms with Crippen molar-refractivity contribution < 1.29 is 14.3 Å². The van der Waals surface area contributed by atoms with Crippen LogP contribution in [0.5, 0.6) is 0 Å². The molecule has 1 aliphatic rings. The standard InChI is InChI=1S/C10H17N3O3/c1-2-16-9(14)7-5-3-4-6-8(7)12-13-10(11)15/h7H,2-6H2,1H3,(H3,11,13,15)/b12-8-. The Hall–Kier alpha value is -1.59. The van der Waals surface area contributed by atoms with Gasteiger partial charge in [0, 0.05) is 0 Å². The number of hydrogen-bond acceptors (Lipinski definition) is 4. The molecule has 16 heavy (non-hydrogen) atoms. The minimum Gasteiger partial charge on any atom is -0.465 e. The highest BCUT2D eigenvalue weighted by atomic mass is 16.5. The lowest BCUT2D eigenvalue weighted by molar-refractivity contribution is -0.146.